The first-order valence-electron chi connectivity index (χ1n) is 10.2. The number of urea groups is 1. The van der Waals surface area contributed by atoms with E-state index >= 15 is 0 Å². The number of hydrogen-bond donors (Lipinski definition) is 7. The molecule has 0 aliphatic carbocycles. The summed E-state index contributed by atoms with van der Waals surface area (Å²) in [6, 6.07) is 6.62. The highest BCUT2D eigenvalue weighted by Crippen LogP contribution is 2.26. The second kappa shape index (κ2) is 12.6. The zero-order valence-electron chi connectivity index (χ0n) is 17.2. The van der Waals surface area contributed by atoms with Crippen LogP contribution >= 0.6 is 0 Å². The molecule has 1 fully saturated rings. The number of ether oxygens (including phenoxy) is 1. The van der Waals surface area contributed by atoms with Crippen LogP contribution in [0.25, 0.3) is 0 Å². The van der Waals surface area contributed by atoms with Crippen molar-refractivity contribution in [1.82, 2.24) is 10.5 Å². The molecule has 2 unspecified atom stereocenters. The normalized spacial score (nSPS) is 25.8. The van der Waals surface area contributed by atoms with E-state index in [4.69, 9.17) is 21.6 Å². The zero-order chi connectivity index (χ0) is 22.8. The summed E-state index contributed by atoms with van der Waals surface area (Å²) in [7, 11) is 0. The van der Waals surface area contributed by atoms with Crippen LogP contribution in [0.4, 0.5) is 10.5 Å². The van der Waals surface area contributed by atoms with Gasteiger partial charge in [-0.15, -0.1) is 12.3 Å². The number of carbonyl (C=O) groups is 1. The average Bonchev–Trinajstić information content (AvgIpc) is 2.74. The van der Waals surface area contributed by atoms with Crippen molar-refractivity contribution in [3.8, 4) is 12.3 Å². The summed E-state index contributed by atoms with van der Waals surface area (Å²) in [5.74, 6) is 2.55. The fourth-order valence-corrected chi connectivity index (χ4v) is 3.36. The quantitative estimate of drug-likeness (QED) is 0.158. The number of unbranched alkanes of at least 4 members (excludes halogenated alkanes) is 2. The number of amides is 2. The third-order valence-electron chi connectivity index (χ3n) is 5.11. The summed E-state index contributed by atoms with van der Waals surface area (Å²) in [6.45, 7) is 0.339. The molecule has 1 saturated heterocycles. The van der Waals surface area contributed by atoms with Crippen LogP contribution in [-0.2, 0) is 11.2 Å². The van der Waals surface area contributed by atoms with Crippen molar-refractivity contribution in [3.63, 3.8) is 0 Å². The lowest BCUT2D eigenvalue weighted by Crippen LogP contribution is -2.58. The maximum atomic E-state index is 11.9. The monoisotopic (exact) mass is 437 g/mol. The number of rotatable bonds is 10. The van der Waals surface area contributed by atoms with E-state index in [9.17, 15) is 20.1 Å². The van der Waals surface area contributed by atoms with Gasteiger partial charge >= 0.3 is 6.03 Å². The molecular formula is C21H31N3O7. The maximum absolute atomic E-state index is 11.9. The standard InChI is InChI=1S/C21H31N3O7/c1-2-3-4-5-11-22-21(28)23-15-8-6-14(7-9-15)13-17-19(26)20(27)18(25)16(31-17)10-12-24(29)30/h1,6-9,16-20,25-27,29-30H,3-5,10-13H2,(H2,22,23,28)/t16-,17-,18-,19?,20?/m1/s1. The molecule has 7 N–H and O–H groups in total. The lowest BCUT2D eigenvalue weighted by molar-refractivity contribution is -0.312. The molecule has 1 aromatic carbocycles. The van der Waals surface area contributed by atoms with Crippen LogP contribution in [0.5, 0.6) is 0 Å². The molecule has 5 atom stereocenters. The Morgan fingerprint density at radius 3 is 2.39 bits per heavy atom. The first-order chi connectivity index (χ1) is 14.8. The number of aliphatic hydroxyl groups excluding tert-OH is 3. The smallest absolute Gasteiger partial charge is 0.319 e. The number of terminal acetylenes is 1. The largest absolute Gasteiger partial charge is 0.388 e. The molecule has 1 heterocycles. The Kier molecular flexibility index (Phi) is 10.2. The minimum atomic E-state index is -1.42. The molecule has 2 rings (SSSR count). The van der Waals surface area contributed by atoms with Crippen LogP contribution in [0, 0.1) is 12.3 Å². The van der Waals surface area contributed by atoms with E-state index in [1.807, 2.05) is 0 Å². The predicted octanol–water partition coefficient (Wildman–Crippen LogP) is 0.475. The van der Waals surface area contributed by atoms with E-state index in [1.165, 1.54) is 0 Å². The molecule has 31 heavy (non-hydrogen) atoms. The summed E-state index contributed by atoms with van der Waals surface area (Å²) in [6.07, 6.45) is 2.10. The van der Waals surface area contributed by atoms with Crippen LogP contribution in [-0.4, -0.2) is 80.6 Å². The fourth-order valence-electron chi connectivity index (χ4n) is 3.36. The predicted molar refractivity (Wildman–Crippen MR) is 111 cm³/mol. The summed E-state index contributed by atoms with van der Waals surface area (Å²) < 4.78 is 5.70. The number of hydroxylamine groups is 2. The zero-order valence-corrected chi connectivity index (χ0v) is 17.2. The van der Waals surface area contributed by atoms with Crippen molar-refractivity contribution in [2.45, 2.75) is 62.6 Å². The third-order valence-corrected chi connectivity index (χ3v) is 5.11. The fraction of sp³-hybridized carbons (Fsp3) is 0.571. The van der Waals surface area contributed by atoms with Gasteiger partial charge in [-0.05, 0) is 37.0 Å². The molecule has 1 aliphatic heterocycles. The molecule has 1 aromatic rings. The van der Waals surface area contributed by atoms with Gasteiger partial charge in [-0.2, -0.15) is 0 Å². The van der Waals surface area contributed by atoms with E-state index < -0.39 is 30.5 Å². The highest BCUT2D eigenvalue weighted by molar-refractivity contribution is 5.89. The lowest BCUT2D eigenvalue weighted by atomic mass is 9.90. The van der Waals surface area contributed by atoms with E-state index in [0.717, 1.165) is 18.4 Å². The first kappa shape index (κ1) is 25.0. The van der Waals surface area contributed by atoms with Gasteiger partial charge in [0.15, 0.2) is 0 Å². The van der Waals surface area contributed by atoms with E-state index in [2.05, 4.69) is 16.6 Å². The molecule has 0 bridgehead atoms. The highest BCUT2D eigenvalue weighted by atomic mass is 16.8. The number of anilines is 1. The number of hydrogen-bond acceptors (Lipinski definition) is 8. The Bertz CT molecular complexity index is 723. The van der Waals surface area contributed by atoms with Crippen molar-refractivity contribution in [2.24, 2.45) is 0 Å². The van der Waals surface area contributed by atoms with Gasteiger partial charge in [-0.25, -0.2) is 4.79 Å². The van der Waals surface area contributed by atoms with Crippen LogP contribution in [0.2, 0.25) is 0 Å². The Balaban J connectivity index is 1.86. The summed E-state index contributed by atoms with van der Waals surface area (Å²) in [4.78, 5) is 11.9. The number of carbonyl (C=O) groups excluding carboxylic acids is 1. The molecule has 0 radical (unpaired) electrons. The van der Waals surface area contributed by atoms with Gasteiger partial charge < -0.3 is 30.7 Å². The van der Waals surface area contributed by atoms with Gasteiger partial charge in [-0.3, -0.25) is 10.4 Å². The molecular weight excluding hydrogens is 406 g/mol. The first-order valence-corrected chi connectivity index (χ1v) is 10.2. The van der Waals surface area contributed by atoms with Gasteiger partial charge in [0, 0.05) is 25.1 Å². The summed E-state index contributed by atoms with van der Waals surface area (Å²) >= 11 is 0. The number of nitrogens with zero attached hydrogens (tertiary/aromatic N) is 1. The molecule has 2 amide bonds. The minimum absolute atomic E-state index is 0.0260. The van der Waals surface area contributed by atoms with Gasteiger partial charge in [0.1, 0.15) is 18.3 Å². The highest BCUT2D eigenvalue weighted by Gasteiger charge is 2.43. The Labute approximate surface area is 181 Å². The van der Waals surface area contributed by atoms with E-state index in [1.54, 1.807) is 24.3 Å². The molecule has 10 heteroatoms. The molecule has 1 aliphatic rings. The molecule has 172 valence electrons. The maximum Gasteiger partial charge on any atom is 0.319 e. The molecule has 0 aromatic heterocycles. The number of aliphatic hydroxyl groups is 3. The van der Waals surface area contributed by atoms with Crippen LogP contribution in [0.1, 0.15) is 31.2 Å². The number of nitrogens with one attached hydrogen (secondary N) is 2. The SMILES string of the molecule is C#CCCCCNC(=O)Nc1ccc(C[C@H]2O[C@H](CCN(O)O)[C@@H](O)C(O)C2O)cc1. The van der Waals surface area contributed by atoms with Crippen LogP contribution < -0.4 is 10.6 Å². The topological polar surface area (TPSA) is 155 Å². The second-order valence-corrected chi connectivity index (χ2v) is 7.51. The minimum Gasteiger partial charge on any atom is -0.388 e. The van der Waals surface area contributed by atoms with E-state index in [-0.39, 0.29) is 30.6 Å². The number of benzene rings is 1. The van der Waals surface area contributed by atoms with Crippen molar-refractivity contribution in [1.29, 1.82) is 0 Å². The average molecular weight is 437 g/mol. The Morgan fingerprint density at radius 1 is 1.06 bits per heavy atom. The third kappa shape index (κ3) is 8.08. The van der Waals surface area contributed by atoms with Crippen LogP contribution in [0.3, 0.4) is 0 Å². The summed E-state index contributed by atoms with van der Waals surface area (Å²) in [5, 5.41) is 53.6. The Hall–Kier alpha value is -2.23. The van der Waals surface area contributed by atoms with Crippen molar-refractivity contribution < 1.29 is 35.3 Å². The van der Waals surface area contributed by atoms with Crippen LogP contribution in [0.15, 0.2) is 24.3 Å². The Morgan fingerprint density at radius 2 is 1.74 bits per heavy atom. The molecule has 10 nitrogen and oxygen atoms in total. The van der Waals surface area contributed by atoms with Gasteiger partial charge in [-0.1, -0.05) is 17.4 Å². The van der Waals surface area contributed by atoms with Crippen molar-refractivity contribution >= 4 is 11.7 Å². The van der Waals surface area contributed by atoms with Crippen molar-refractivity contribution in [3.05, 3.63) is 29.8 Å². The van der Waals surface area contributed by atoms with Gasteiger partial charge in [0.25, 0.3) is 0 Å². The molecule has 0 saturated carbocycles. The van der Waals surface area contributed by atoms with Gasteiger partial charge in [0.05, 0.1) is 18.8 Å². The summed E-state index contributed by atoms with van der Waals surface area (Å²) in [5.41, 5.74) is 1.38. The van der Waals surface area contributed by atoms with Crippen molar-refractivity contribution in [2.75, 3.05) is 18.4 Å². The second-order valence-electron chi connectivity index (χ2n) is 7.51. The lowest BCUT2D eigenvalue weighted by Gasteiger charge is -2.41. The van der Waals surface area contributed by atoms with Gasteiger partial charge in [0.2, 0.25) is 0 Å². The molecule has 0 spiro atoms. The van der Waals surface area contributed by atoms with E-state index in [0.29, 0.717) is 18.7 Å².